The summed E-state index contributed by atoms with van der Waals surface area (Å²) in [7, 11) is 1.59. The number of carbonyl (C=O) groups is 1. The number of aromatic nitrogens is 2. The highest BCUT2D eigenvalue weighted by molar-refractivity contribution is 8.26. The fourth-order valence-corrected chi connectivity index (χ4v) is 5.26. The van der Waals surface area contributed by atoms with Crippen molar-refractivity contribution in [1.29, 1.82) is 0 Å². The number of benzene rings is 3. The van der Waals surface area contributed by atoms with Crippen LogP contribution in [0, 0.1) is 5.82 Å². The van der Waals surface area contributed by atoms with Gasteiger partial charge < -0.3 is 9.47 Å². The zero-order valence-electron chi connectivity index (χ0n) is 20.5. The Labute approximate surface area is 229 Å². The maximum atomic E-state index is 14.1. The van der Waals surface area contributed by atoms with E-state index in [4.69, 9.17) is 26.8 Å². The summed E-state index contributed by atoms with van der Waals surface area (Å²) in [5, 5.41) is 4.85. The molecule has 0 atom stereocenters. The number of carbonyl (C=O) groups excluding carboxylic acids is 1. The van der Waals surface area contributed by atoms with Gasteiger partial charge in [0.15, 0.2) is 0 Å². The van der Waals surface area contributed by atoms with E-state index in [0.717, 1.165) is 16.8 Å². The van der Waals surface area contributed by atoms with Gasteiger partial charge in [0.2, 0.25) is 0 Å². The summed E-state index contributed by atoms with van der Waals surface area (Å²) in [6.07, 6.45) is 3.71. The normalized spacial score (nSPS) is 14.5. The van der Waals surface area contributed by atoms with Crippen LogP contribution < -0.4 is 4.74 Å². The molecule has 1 amide bonds. The third-order valence-corrected chi connectivity index (χ3v) is 7.28. The molecule has 38 heavy (non-hydrogen) atoms. The molecule has 2 heterocycles. The van der Waals surface area contributed by atoms with Gasteiger partial charge in [0.1, 0.15) is 28.2 Å². The van der Waals surface area contributed by atoms with Gasteiger partial charge in [-0.05, 0) is 36.4 Å². The molecule has 1 aromatic heterocycles. The van der Waals surface area contributed by atoms with Crippen LogP contribution in [0.1, 0.15) is 11.1 Å². The Morgan fingerprint density at radius 1 is 1.05 bits per heavy atom. The Hall–Kier alpha value is -3.79. The van der Waals surface area contributed by atoms with Crippen molar-refractivity contribution in [2.45, 2.75) is 6.61 Å². The Bertz CT molecular complexity index is 1500. The number of thiocarbonyl (C=S) groups is 1. The minimum absolute atomic E-state index is 0.103. The zero-order chi connectivity index (χ0) is 26.5. The van der Waals surface area contributed by atoms with E-state index >= 15 is 0 Å². The third-order valence-electron chi connectivity index (χ3n) is 5.90. The number of amides is 1. The van der Waals surface area contributed by atoms with E-state index in [1.807, 2.05) is 66.9 Å². The number of rotatable bonds is 9. The van der Waals surface area contributed by atoms with Crippen LogP contribution in [0.4, 0.5) is 4.39 Å². The molecule has 3 aromatic carbocycles. The molecule has 9 heteroatoms. The predicted molar refractivity (Wildman–Crippen MR) is 151 cm³/mol. The first-order valence-electron chi connectivity index (χ1n) is 11.9. The molecule has 0 N–H and O–H groups in total. The van der Waals surface area contributed by atoms with Gasteiger partial charge in [-0.2, -0.15) is 5.10 Å². The van der Waals surface area contributed by atoms with E-state index in [1.165, 1.54) is 17.8 Å². The lowest BCUT2D eigenvalue weighted by Crippen LogP contribution is -2.31. The largest absolute Gasteiger partial charge is 0.489 e. The maximum absolute atomic E-state index is 14.1. The summed E-state index contributed by atoms with van der Waals surface area (Å²) in [5.74, 6) is 0.115. The molecule has 6 nitrogen and oxygen atoms in total. The van der Waals surface area contributed by atoms with Crippen molar-refractivity contribution in [3.63, 3.8) is 0 Å². The highest BCUT2D eigenvalue weighted by Crippen LogP contribution is 2.35. The van der Waals surface area contributed by atoms with Gasteiger partial charge in [-0.15, -0.1) is 0 Å². The molecule has 1 aliphatic rings. The van der Waals surface area contributed by atoms with E-state index < -0.39 is 0 Å². The van der Waals surface area contributed by atoms with Gasteiger partial charge in [-0.25, -0.2) is 9.07 Å². The van der Waals surface area contributed by atoms with Crippen LogP contribution in [-0.4, -0.2) is 45.2 Å². The summed E-state index contributed by atoms with van der Waals surface area (Å²) < 4.78 is 27.4. The van der Waals surface area contributed by atoms with Gasteiger partial charge >= 0.3 is 0 Å². The topological polar surface area (TPSA) is 56.6 Å². The predicted octanol–water partition coefficient (Wildman–Crippen LogP) is 6.11. The number of halogens is 1. The molecule has 0 aliphatic carbocycles. The molecule has 0 spiro atoms. The van der Waals surface area contributed by atoms with Crippen LogP contribution >= 0.6 is 24.0 Å². The van der Waals surface area contributed by atoms with Crippen LogP contribution in [0.15, 0.2) is 90.0 Å². The van der Waals surface area contributed by atoms with Crippen molar-refractivity contribution in [3.8, 4) is 22.7 Å². The number of hydrogen-bond acceptors (Lipinski definition) is 6. The van der Waals surface area contributed by atoms with Crippen LogP contribution in [0.2, 0.25) is 0 Å². The van der Waals surface area contributed by atoms with E-state index in [1.54, 1.807) is 34.9 Å². The molecule has 0 radical (unpaired) electrons. The lowest BCUT2D eigenvalue weighted by Gasteiger charge is -2.12. The van der Waals surface area contributed by atoms with E-state index in [-0.39, 0.29) is 18.3 Å². The first kappa shape index (κ1) is 25.8. The first-order valence-corrected chi connectivity index (χ1v) is 13.1. The highest BCUT2D eigenvalue weighted by atomic mass is 32.2. The average molecular weight is 546 g/mol. The van der Waals surface area contributed by atoms with Crippen LogP contribution in [0.25, 0.3) is 23.0 Å². The molecule has 1 fully saturated rings. The average Bonchev–Trinajstić information content (AvgIpc) is 3.48. The molecule has 0 unspecified atom stereocenters. The van der Waals surface area contributed by atoms with Crippen molar-refractivity contribution >= 4 is 40.3 Å². The molecule has 5 rings (SSSR count). The van der Waals surface area contributed by atoms with Crippen LogP contribution in [0.3, 0.4) is 0 Å². The molecule has 4 aromatic rings. The zero-order valence-corrected chi connectivity index (χ0v) is 22.2. The number of methoxy groups -OCH3 is 1. The standard InChI is InChI=1S/C29H24FN3O3S2/c1-35-15-14-32-28(34)26(38-29(32)37)17-22-18-33(23-10-3-2-4-11-23)31-27(22)20-9-7-12-24(16-20)36-19-21-8-5-6-13-25(21)30/h2-13,16-18H,14-15,19H2,1H3/b26-17-. The molecule has 1 saturated heterocycles. The fourth-order valence-electron chi connectivity index (χ4n) is 3.96. The second-order valence-electron chi connectivity index (χ2n) is 8.45. The number of hydrogen-bond donors (Lipinski definition) is 0. The second-order valence-corrected chi connectivity index (χ2v) is 10.1. The fraction of sp³-hybridized carbons (Fsp3) is 0.138. The minimum atomic E-state index is -0.310. The van der Waals surface area contributed by atoms with Crippen molar-refractivity contribution in [1.82, 2.24) is 14.7 Å². The number of thioether (sulfide) groups is 1. The maximum Gasteiger partial charge on any atom is 0.266 e. The number of nitrogens with zero attached hydrogens (tertiary/aromatic N) is 3. The summed E-state index contributed by atoms with van der Waals surface area (Å²) in [4.78, 5) is 15.1. The lowest BCUT2D eigenvalue weighted by molar-refractivity contribution is -0.122. The molecule has 192 valence electrons. The van der Waals surface area contributed by atoms with E-state index in [9.17, 15) is 9.18 Å². The van der Waals surface area contributed by atoms with E-state index in [2.05, 4.69) is 0 Å². The highest BCUT2D eigenvalue weighted by Gasteiger charge is 2.32. The number of para-hydroxylation sites is 1. The summed E-state index contributed by atoms with van der Waals surface area (Å²) in [6, 6.07) is 23.7. The monoisotopic (exact) mass is 545 g/mol. The molecular weight excluding hydrogens is 521 g/mol. The van der Waals surface area contributed by atoms with Gasteiger partial charge in [0.25, 0.3) is 5.91 Å². The van der Waals surface area contributed by atoms with Gasteiger partial charge in [-0.3, -0.25) is 9.69 Å². The Morgan fingerprint density at radius 2 is 1.84 bits per heavy atom. The summed E-state index contributed by atoms with van der Waals surface area (Å²) in [6.45, 7) is 0.901. The molecule has 0 bridgehead atoms. The van der Waals surface area contributed by atoms with Crippen LogP contribution in [0.5, 0.6) is 5.75 Å². The minimum Gasteiger partial charge on any atom is -0.489 e. The van der Waals surface area contributed by atoms with Gasteiger partial charge in [-0.1, -0.05) is 72.5 Å². The first-order chi connectivity index (χ1) is 18.5. The third kappa shape index (κ3) is 5.70. The Morgan fingerprint density at radius 3 is 2.63 bits per heavy atom. The Balaban J connectivity index is 1.49. The van der Waals surface area contributed by atoms with Crippen molar-refractivity contribution in [2.75, 3.05) is 20.3 Å². The number of ether oxygens (including phenoxy) is 2. The second kappa shape index (κ2) is 11.7. The van der Waals surface area contributed by atoms with Crippen molar-refractivity contribution < 1.29 is 18.7 Å². The summed E-state index contributed by atoms with van der Waals surface area (Å²) >= 11 is 6.70. The van der Waals surface area contributed by atoms with Crippen LogP contribution in [-0.2, 0) is 16.1 Å². The molecular formula is C29H24FN3O3S2. The lowest BCUT2D eigenvalue weighted by atomic mass is 10.1. The smallest absolute Gasteiger partial charge is 0.266 e. The SMILES string of the molecule is COCCN1C(=O)/C(=C/c2cn(-c3ccccc3)nc2-c2cccc(OCc3ccccc3F)c2)SC1=S. The molecule has 0 saturated carbocycles. The summed E-state index contributed by atoms with van der Waals surface area (Å²) in [5.41, 5.74) is 3.59. The van der Waals surface area contributed by atoms with Crippen molar-refractivity contribution in [3.05, 3.63) is 107 Å². The van der Waals surface area contributed by atoms with Gasteiger partial charge in [0, 0.05) is 30.0 Å². The molecule has 1 aliphatic heterocycles. The van der Waals surface area contributed by atoms with Gasteiger partial charge in [0.05, 0.1) is 23.7 Å². The van der Waals surface area contributed by atoms with E-state index in [0.29, 0.717) is 39.4 Å². The quantitative estimate of drug-likeness (QED) is 0.187. The Kier molecular flexibility index (Phi) is 7.97. The van der Waals surface area contributed by atoms with Crippen molar-refractivity contribution in [2.24, 2.45) is 0 Å².